The molecule has 0 aliphatic heterocycles. The fourth-order valence-electron chi connectivity index (χ4n) is 2.45. The number of para-hydroxylation sites is 1. The SMILES string of the molecule is CCOC(=O)c1nn(-c2ccccc2C)c(=O)cc1OCC(=O)Nc1nccs1. The molecule has 1 N–H and O–H groups in total. The van der Waals surface area contributed by atoms with Crippen LogP contribution in [-0.4, -0.2) is 39.9 Å². The van der Waals surface area contributed by atoms with Crippen LogP contribution >= 0.6 is 11.3 Å². The molecule has 0 saturated heterocycles. The van der Waals surface area contributed by atoms with Crippen LogP contribution < -0.4 is 15.6 Å². The molecular formula is C19H18N4O5S. The number of esters is 1. The summed E-state index contributed by atoms with van der Waals surface area (Å²) in [7, 11) is 0. The Balaban J connectivity index is 1.90. The molecule has 150 valence electrons. The maximum Gasteiger partial charge on any atom is 0.362 e. The number of thiazole rings is 1. The van der Waals surface area contributed by atoms with Gasteiger partial charge in [-0.3, -0.25) is 14.9 Å². The molecule has 2 aromatic heterocycles. The second-order valence-corrected chi connectivity index (χ2v) is 6.68. The number of rotatable bonds is 7. The normalized spacial score (nSPS) is 10.4. The third kappa shape index (κ3) is 4.85. The topological polar surface area (TPSA) is 112 Å². The highest BCUT2D eigenvalue weighted by molar-refractivity contribution is 7.13. The van der Waals surface area contributed by atoms with Gasteiger partial charge in [-0.2, -0.15) is 9.78 Å². The van der Waals surface area contributed by atoms with Gasteiger partial charge in [0.25, 0.3) is 11.5 Å². The molecule has 2 heterocycles. The predicted molar refractivity (Wildman–Crippen MR) is 107 cm³/mol. The minimum absolute atomic E-state index is 0.119. The number of aromatic nitrogens is 3. The van der Waals surface area contributed by atoms with Crippen LogP contribution in [0.3, 0.4) is 0 Å². The first kappa shape index (κ1) is 20.2. The summed E-state index contributed by atoms with van der Waals surface area (Å²) in [6.07, 6.45) is 1.55. The number of aryl methyl sites for hydroxylation is 1. The number of nitrogens with zero attached hydrogens (tertiary/aromatic N) is 3. The third-order valence-corrected chi connectivity index (χ3v) is 4.44. The van der Waals surface area contributed by atoms with Crippen LogP contribution in [0.1, 0.15) is 23.0 Å². The Bertz CT molecular complexity index is 1080. The minimum Gasteiger partial charge on any atom is -0.481 e. The molecule has 3 rings (SSSR count). The number of benzene rings is 1. The first-order chi connectivity index (χ1) is 14.0. The van der Waals surface area contributed by atoms with E-state index in [4.69, 9.17) is 9.47 Å². The van der Waals surface area contributed by atoms with E-state index in [9.17, 15) is 14.4 Å². The Labute approximate surface area is 169 Å². The summed E-state index contributed by atoms with van der Waals surface area (Å²) < 4.78 is 11.5. The molecule has 3 aromatic rings. The van der Waals surface area contributed by atoms with E-state index < -0.39 is 24.0 Å². The number of anilines is 1. The predicted octanol–water partition coefficient (Wildman–Crippen LogP) is 2.19. The summed E-state index contributed by atoms with van der Waals surface area (Å²) in [5.41, 5.74) is 0.615. The van der Waals surface area contributed by atoms with E-state index in [-0.39, 0.29) is 18.1 Å². The highest BCUT2D eigenvalue weighted by atomic mass is 32.1. The Morgan fingerprint density at radius 3 is 2.76 bits per heavy atom. The minimum atomic E-state index is -0.759. The van der Waals surface area contributed by atoms with E-state index in [1.54, 1.807) is 30.6 Å². The van der Waals surface area contributed by atoms with Crippen molar-refractivity contribution in [3.8, 4) is 11.4 Å². The zero-order valence-corrected chi connectivity index (χ0v) is 16.6. The Kier molecular flexibility index (Phi) is 6.35. The summed E-state index contributed by atoms with van der Waals surface area (Å²) in [5.74, 6) is -1.38. The standard InChI is InChI=1S/C19H18N4O5S/c1-3-27-18(26)17-14(28-11-15(24)21-19-20-8-9-29-19)10-16(25)23(22-17)13-7-5-4-6-12(13)2/h4-10H,3,11H2,1-2H3,(H,20,21,24). The molecule has 0 radical (unpaired) electrons. The lowest BCUT2D eigenvalue weighted by atomic mass is 10.2. The first-order valence-corrected chi connectivity index (χ1v) is 9.57. The van der Waals surface area contributed by atoms with Gasteiger partial charge in [-0.05, 0) is 25.5 Å². The van der Waals surface area contributed by atoms with Gasteiger partial charge in [0.05, 0.1) is 18.4 Å². The van der Waals surface area contributed by atoms with Crippen molar-refractivity contribution in [2.45, 2.75) is 13.8 Å². The Morgan fingerprint density at radius 2 is 2.07 bits per heavy atom. The van der Waals surface area contributed by atoms with Crippen LogP contribution in [0.2, 0.25) is 0 Å². The summed E-state index contributed by atoms with van der Waals surface area (Å²) in [4.78, 5) is 40.9. The van der Waals surface area contributed by atoms with E-state index in [1.165, 1.54) is 11.3 Å². The number of ether oxygens (including phenoxy) is 2. The number of hydrogen-bond donors (Lipinski definition) is 1. The summed E-state index contributed by atoms with van der Waals surface area (Å²) in [5, 5.41) is 8.81. The van der Waals surface area contributed by atoms with Gasteiger partial charge >= 0.3 is 5.97 Å². The largest absolute Gasteiger partial charge is 0.481 e. The van der Waals surface area contributed by atoms with Gasteiger partial charge in [0.1, 0.15) is 0 Å². The van der Waals surface area contributed by atoms with Gasteiger partial charge in [0.15, 0.2) is 17.5 Å². The highest BCUT2D eigenvalue weighted by Gasteiger charge is 2.21. The van der Waals surface area contributed by atoms with Gasteiger partial charge in [-0.15, -0.1) is 11.3 Å². The average Bonchev–Trinajstić information content (AvgIpc) is 3.20. The molecule has 0 fully saturated rings. The zero-order valence-electron chi connectivity index (χ0n) is 15.7. The quantitative estimate of drug-likeness (QED) is 0.590. The monoisotopic (exact) mass is 414 g/mol. The van der Waals surface area contributed by atoms with Crippen molar-refractivity contribution in [1.82, 2.24) is 14.8 Å². The van der Waals surface area contributed by atoms with Crippen molar-refractivity contribution < 1.29 is 19.1 Å². The van der Waals surface area contributed by atoms with Crippen LogP contribution in [-0.2, 0) is 9.53 Å². The van der Waals surface area contributed by atoms with Gasteiger partial charge in [0, 0.05) is 11.6 Å². The lowest BCUT2D eigenvalue weighted by Crippen LogP contribution is -2.27. The fraction of sp³-hybridized carbons (Fsp3) is 0.211. The molecule has 1 aromatic carbocycles. The molecular weight excluding hydrogens is 396 g/mol. The summed E-state index contributed by atoms with van der Waals surface area (Å²) >= 11 is 1.25. The van der Waals surface area contributed by atoms with Crippen LogP contribution in [0.25, 0.3) is 5.69 Å². The maximum absolute atomic E-state index is 12.6. The fourth-order valence-corrected chi connectivity index (χ4v) is 2.99. The van der Waals surface area contributed by atoms with E-state index in [2.05, 4.69) is 15.4 Å². The maximum atomic E-state index is 12.6. The van der Waals surface area contributed by atoms with Crippen molar-refractivity contribution >= 4 is 28.3 Å². The number of nitrogens with one attached hydrogen (secondary N) is 1. The number of carbonyl (C=O) groups excluding carboxylic acids is 2. The molecule has 0 spiro atoms. The van der Waals surface area contributed by atoms with Gasteiger partial charge in [-0.1, -0.05) is 18.2 Å². The molecule has 0 saturated carbocycles. The van der Waals surface area contributed by atoms with E-state index in [1.807, 2.05) is 19.1 Å². The molecule has 10 heteroatoms. The van der Waals surface area contributed by atoms with E-state index in [0.29, 0.717) is 10.8 Å². The average molecular weight is 414 g/mol. The summed E-state index contributed by atoms with van der Waals surface area (Å²) in [6, 6.07) is 8.23. The second-order valence-electron chi connectivity index (χ2n) is 5.79. The summed E-state index contributed by atoms with van der Waals surface area (Å²) in [6.45, 7) is 3.16. The molecule has 0 aliphatic rings. The van der Waals surface area contributed by atoms with E-state index in [0.717, 1.165) is 16.3 Å². The van der Waals surface area contributed by atoms with Crippen molar-refractivity contribution in [3.63, 3.8) is 0 Å². The van der Waals surface area contributed by atoms with Gasteiger partial charge in [0.2, 0.25) is 5.69 Å². The van der Waals surface area contributed by atoms with Gasteiger partial charge in [-0.25, -0.2) is 9.78 Å². The van der Waals surface area contributed by atoms with Crippen LogP contribution in [0, 0.1) is 6.92 Å². The van der Waals surface area contributed by atoms with Gasteiger partial charge < -0.3 is 9.47 Å². The van der Waals surface area contributed by atoms with Crippen LogP contribution in [0.4, 0.5) is 5.13 Å². The molecule has 0 unspecified atom stereocenters. The van der Waals surface area contributed by atoms with Crippen molar-refractivity contribution in [1.29, 1.82) is 0 Å². The Morgan fingerprint density at radius 1 is 1.28 bits per heavy atom. The van der Waals surface area contributed by atoms with Crippen molar-refractivity contribution in [2.75, 3.05) is 18.5 Å². The molecule has 29 heavy (non-hydrogen) atoms. The number of amides is 1. The molecule has 0 aliphatic carbocycles. The molecule has 9 nitrogen and oxygen atoms in total. The lowest BCUT2D eigenvalue weighted by Gasteiger charge is -2.13. The molecule has 1 amide bonds. The van der Waals surface area contributed by atoms with Crippen LogP contribution in [0.15, 0.2) is 46.7 Å². The second kappa shape index (κ2) is 9.11. The van der Waals surface area contributed by atoms with E-state index >= 15 is 0 Å². The first-order valence-electron chi connectivity index (χ1n) is 8.69. The highest BCUT2D eigenvalue weighted by Crippen LogP contribution is 2.18. The van der Waals surface area contributed by atoms with Crippen LogP contribution in [0.5, 0.6) is 5.75 Å². The zero-order chi connectivity index (χ0) is 20.8. The van der Waals surface area contributed by atoms with Crippen molar-refractivity contribution in [2.24, 2.45) is 0 Å². The third-order valence-electron chi connectivity index (χ3n) is 3.75. The lowest BCUT2D eigenvalue weighted by molar-refractivity contribution is -0.118. The molecule has 0 atom stereocenters. The molecule has 0 bridgehead atoms. The van der Waals surface area contributed by atoms with Crippen molar-refractivity contribution in [3.05, 3.63) is 63.5 Å². The smallest absolute Gasteiger partial charge is 0.362 e. The number of carbonyl (C=O) groups is 2. The number of hydrogen-bond acceptors (Lipinski definition) is 8. The Hall–Kier alpha value is -3.53.